The number of carbonyl (C=O) groups is 2. The number of aromatic nitrogens is 1. The maximum Gasteiger partial charge on any atom is 0.339 e. The fourth-order valence-electron chi connectivity index (χ4n) is 3.37. The van der Waals surface area contributed by atoms with Crippen LogP contribution in [0, 0.1) is 13.8 Å². The summed E-state index contributed by atoms with van der Waals surface area (Å²) in [5.41, 5.74) is 5.03. The number of amides is 1. The van der Waals surface area contributed by atoms with Crippen LogP contribution in [0.4, 0.5) is 0 Å². The van der Waals surface area contributed by atoms with Gasteiger partial charge in [-0.25, -0.2) is 4.79 Å². The minimum atomic E-state index is -0.384. The summed E-state index contributed by atoms with van der Waals surface area (Å²) in [4.78, 5) is 25.1. The molecule has 1 amide bonds. The van der Waals surface area contributed by atoms with Crippen molar-refractivity contribution in [3.63, 3.8) is 0 Å². The van der Waals surface area contributed by atoms with Crippen LogP contribution in [0.15, 0.2) is 54.6 Å². The quantitative estimate of drug-likeness (QED) is 0.553. The van der Waals surface area contributed by atoms with Crippen molar-refractivity contribution >= 4 is 11.9 Å². The van der Waals surface area contributed by atoms with E-state index in [1.165, 1.54) is 0 Å². The van der Waals surface area contributed by atoms with Crippen LogP contribution in [0.5, 0.6) is 5.75 Å². The molecule has 0 fully saturated rings. The summed E-state index contributed by atoms with van der Waals surface area (Å²) >= 11 is 0. The molecule has 162 valence electrons. The van der Waals surface area contributed by atoms with E-state index in [1.54, 1.807) is 20.1 Å². The van der Waals surface area contributed by atoms with Gasteiger partial charge in [-0.15, -0.1) is 0 Å². The Balaban J connectivity index is 1.82. The van der Waals surface area contributed by atoms with Gasteiger partial charge < -0.3 is 19.4 Å². The molecule has 0 unspecified atom stereocenters. The van der Waals surface area contributed by atoms with Crippen molar-refractivity contribution in [3.05, 3.63) is 77.0 Å². The summed E-state index contributed by atoms with van der Waals surface area (Å²) in [6.45, 7) is 6.44. The summed E-state index contributed by atoms with van der Waals surface area (Å²) in [5, 5.41) is 2.95. The lowest BCUT2D eigenvalue weighted by molar-refractivity contribution is -0.121. The first-order valence-corrected chi connectivity index (χ1v) is 10.3. The van der Waals surface area contributed by atoms with Crippen LogP contribution in [-0.2, 0) is 22.6 Å². The van der Waals surface area contributed by atoms with E-state index < -0.39 is 0 Å². The average molecular weight is 421 g/mol. The number of carbonyl (C=O) groups excluding carboxylic acids is 2. The van der Waals surface area contributed by atoms with Crippen molar-refractivity contribution in [2.24, 2.45) is 0 Å². The topological polar surface area (TPSA) is 69.6 Å². The smallest absolute Gasteiger partial charge is 0.339 e. The molecular weight excluding hydrogens is 392 g/mol. The Morgan fingerprint density at radius 1 is 1.00 bits per heavy atom. The normalized spacial score (nSPS) is 10.6. The van der Waals surface area contributed by atoms with Crippen LogP contribution >= 0.6 is 0 Å². The van der Waals surface area contributed by atoms with Gasteiger partial charge in [-0.1, -0.05) is 42.0 Å². The first-order chi connectivity index (χ1) is 14.9. The molecule has 3 rings (SSSR count). The van der Waals surface area contributed by atoms with E-state index in [4.69, 9.17) is 9.47 Å². The number of ether oxygens (including phenoxy) is 2. The molecule has 0 aliphatic heterocycles. The zero-order valence-electron chi connectivity index (χ0n) is 18.4. The number of nitrogens with zero attached hydrogens (tertiary/aromatic N) is 1. The molecule has 0 saturated heterocycles. The van der Waals surface area contributed by atoms with E-state index in [1.807, 2.05) is 66.9 Å². The summed E-state index contributed by atoms with van der Waals surface area (Å²) in [7, 11) is 1.62. The van der Waals surface area contributed by atoms with Gasteiger partial charge in [0.2, 0.25) is 5.91 Å². The first kappa shape index (κ1) is 22.2. The number of rotatable bonds is 8. The van der Waals surface area contributed by atoms with Crippen LogP contribution in [0.25, 0.3) is 11.3 Å². The fraction of sp³-hybridized carbons (Fsp3) is 0.280. The largest absolute Gasteiger partial charge is 0.497 e. The molecule has 0 saturated carbocycles. The maximum atomic E-state index is 12.7. The average Bonchev–Trinajstić information content (AvgIpc) is 3.09. The molecule has 6 nitrogen and oxygen atoms in total. The monoisotopic (exact) mass is 420 g/mol. The molecule has 0 spiro atoms. The number of benzene rings is 2. The number of esters is 1. The highest BCUT2D eigenvalue weighted by Crippen LogP contribution is 2.27. The molecule has 3 aromatic rings. The van der Waals surface area contributed by atoms with Crippen molar-refractivity contribution in [2.75, 3.05) is 13.7 Å². The van der Waals surface area contributed by atoms with E-state index in [2.05, 4.69) is 5.32 Å². The van der Waals surface area contributed by atoms with Gasteiger partial charge in [-0.05, 0) is 50.1 Å². The van der Waals surface area contributed by atoms with Gasteiger partial charge in [0.1, 0.15) is 12.3 Å². The Hall–Kier alpha value is -3.54. The fourth-order valence-corrected chi connectivity index (χ4v) is 3.37. The summed E-state index contributed by atoms with van der Waals surface area (Å²) in [5.74, 6) is 0.247. The lowest BCUT2D eigenvalue weighted by atomic mass is 10.1. The third-order valence-corrected chi connectivity index (χ3v) is 5.16. The highest BCUT2D eigenvalue weighted by Gasteiger charge is 2.21. The number of aryl methyl sites for hydroxylation is 1. The second-order valence-electron chi connectivity index (χ2n) is 7.33. The molecule has 0 aliphatic carbocycles. The summed E-state index contributed by atoms with van der Waals surface area (Å²) in [6, 6.07) is 17.3. The Morgan fingerprint density at radius 2 is 1.68 bits per heavy atom. The predicted octanol–water partition coefficient (Wildman–Crippen LogP) is 4.27. The van der Waals surface area contributed by atoms with E-state index >= 15 is 0 Å². The third-order valence-electron chi connectivity index (χ3n) is 5.16. The highest BCUT2D eigenvalue weighted by atomic mass is 16.5. The zero-order valence-corrected chi connectivity index (χ0v) is 18.4. The minimum Gasteiger partial charge on any atom is -0.497 e. The zero-order chi connectivity index (χ0) is 22.4. The van der Waals surface area contributed by atoms with E-state index in [9.17, 15) is 9.59 Å². The number of methoxy groups -OCH3 is 1. The number of hydrogen-bond donors (Lipinski definition) is 1. The minimum absolute atomic E-state index is 0.102. The van der Waals surface area contributed by atoms with Gasteiger partial charge in [0.05, 0.1) is 19.3 Å². The standard InChI is InChI=1S/C25H28N2O4/c1-5-31-25(29)22-14-23(20-10-6-17(2)7-11-20)27(18(22)3)16-24(28)26-15-19-8-12-21(30-4)13-9-19/h6-14H,5,15-16H2,1-4H3,(H,26,28). The van der Waals surface area contributed by atoms with Crippen molar-refractivity contribution in [3.8, 4) is 17.0 Å². The maximum absolute atomic E-state index is 12.7. The Morgan fingerprint density at radius 3 is 2.29 bits per heavy atom. The second kappa shape index (κ2) is 9.98. The molecule has 0 aliphatic rings. The molecule has 31 heavy (non-hydrogen) atoms. The number of hydrogen-bond acceptors (Lipinski definition) is 4. The van der Waals surface area contributed by atoms with Gasteiger partial charge in [0.15, 0.2) is 0 Å². The van der Waals surface area contributed by atoms with E-state index in [-0.39, 0.29) is 18.4 Å². The molecule has 1 N–H and O–H groups in total. The van der Waals surface area contributed by atoms with E-state index in [0.717, 1.165) is 28.1 Å². The van der Waals surface area contributed by atoms with Crippen LogP contribution in [0.3, 0.4) is 0 Å². The highest BCUT2D eigenvalue weighted by molar-refractivity contribution is 5.93. The molecule has 2 aromatic carbocycles. The van der Waals surface area contributed by atoms with Gasteiger partial charge in [-0.3, -0.25) is 4.79 Å². The second-order valence-corrected chi connectivity index (χ2v) is 7.33. The van der Waals surface area contributed by atoms with Gasteiger partial charge >= 0.3 is 5.97 Å². The molecule has 0 radical (unpaired) electrons. The Bertz CT molecular complexity index is 1050. The van der Waals surface area contributed by atoms with Crippen molar-refractivity contribution in [2.45, 2.75) is 33.9 Å². The molecule has 0 atom stereocenters. The molecule has 0 bridgehead atoms. The lowest BCUT2D eigenvalue weighted by Gasteiger charge is -2.13. The first-order valence-electron chi connectivity index (χ1n) is 10.3. The predicted molar refractivity (Wildman–Crippen MR) is 120 cm³/mol. The van der Waals surface area contributed by atoms with Gasteiger partial charge in [0.25, 0.3) is 0 Å². The lowest BCUT2D eigenvalue weighted by Crippen LogP contribution is -2.27. The van der Waals surface area contributed by atoms with Crippen LogP contribution in [0.2, 0.25) is 0 Å². The van der Waals surface area contributed by atoms with Crippen molar-refractivity contribution < 1.29 is 19.1 Å². The number of nitrogens with one attached hydrogen (secondary N) is 1. The Labute approximate surface area is 182 Å². The van der Waals surface area contributed by atoms with Gasteiger partial charge in [-0.2, -0.15) is 0 Å². The van der Waals surface area contributed by atoms with Crippen LogP contribution in [-0.4, -0.2) is 30.2 Å². The summed E-state index contributed by atoms with van der Waals surface area (Å²) < 4.78 is 12.2. The van der Waals surface area contributed by atoms with Crippen LogP contribution in [0.1, 0.15) is 34.1 Å². The SMILES string of the molecule is CCOC(=O)c1cc(-c2ccc(C)cc2)n(CC(=O)NCc2ccc(OC)cc2)c1C. The van der Waals surface area contributed by atoms with Gasteiger partial charge in [0, 0.05) is 17.9 Å². The van der Waals surface area contributed by atoms with E-state index in [0.29, 0.717) is 24.4 Å². The molecule has 1 heterocycles. The third kappa shape index (κ3) is 5.34. The van der Waals surface area contributed by atoms with Crippen LogP contribution < -0.4 is 10.1 Å². The molecular formula is C25H28N2O4. The summed E-state index contributed by atoms with van der Waals surface area (Å²) in [6.07, 6.45) is 0. The van der Waals surface area contributed by atoms with Crippen molar-refractivity contribution in [1.29, 1.82) is 0 Å². The van der Waals surface area contributed by atoms with Crippen molar-refractivity contribution in [1.82, 2.24) is 9.88 Å². The Kier molecular flexibility index (Phi) is 7.13. The molecule has 1 aromatic heterocycles. The molecule has 6 heteroatoms.